The van der Waals surface area contributed by atoms with Crippen LogP contribution in [-0.4, -0.2) is 20.3 Å². The fourth-order valence-electron chi connectivity index (χ4n) is 0.903. The number of halogens is 1. The minimum absolute atomic E-state index is 0.105. The number of phenolic OH excluding ortho intramolecular Hbond substituents is 1. The molecule has 2 aromatic rings. The zero-order valence-electron chi connectivity index (χ0n) is 5.90. The molecule has 0 amide bonds. The number of hydrogen-bond acceptors (Lipinski definition) is 4. The number of fused-ring (bicyclic) bond motifs is 1. The van der Waals surface area contributed by atoms with Crippen LogP contribution in [-0.2, 0) is 0 Å². The fourth-order valence-corrected chi connectivity index (χ4v) is 1.03. The largest absolute Gasteiger partial charge is 0.508 e. The van der Waals surface area contributed by atoms with Gasteiger partial charge in [0.15, 0.2) is 0 Å². The van der Waals surface area contributed by atoms with Gasteiger partial charge in [0, 0.05) is 6.07 Å². The number of aromatic nitrogens is 3. The van der Waals surface area contributed by atoms with Crippen LogP contribution >= 0.6 is 11.6 Å². The summed E-state index contributed by atoms with van der Waals surface area (Å²) in [6.07, 6.45) is 0. The van der Waals surface area contributed by atoms with Gasteiger partial charge in [-0.25, -0.2) is 4.98 Å². The summed E-state index contributed by atoms with van der Waals surface area (Å²) >= 11 is 5.51. The van der Waals surface area contributed by atoms with Gasteiger partial charge in [0.25, 0.3) is 0 Å². The van der Waals surface area contributed by atoms with Crippen molar-refractivity contribution in [1.29, 1.82) is 0 Å². The van der Waals surface area contributed by atoms with Gasteiger partial charge in [-0.1, -0.05) is 0 Å². The number of nitrogens with zero attached hydrogens (tertiary/aromatic N) is 3. The van der Waals surface area contributed by atoms with Crippen LogP contribution in [0.5, 0.6) is 5.75 Å². The number of phenols is 1. The molecule has 1 aromatic heterocycles. The van der Waals surface area contributed by atoms with E-state index >= 15 is 0 Å². The normalized spacial score (nSPS) is 10.4. The summed E-state index contributed by atoms with van der Waals surface area (Å²) in [4.78, 5) is 3.90. The maximum absolute atomic E-state index is 9.07. The molecule has 4 nitrogen and oxygen atoms in total. The second-order valence-electron chi connectivity index (χ2n) is 2.25. The fraction of sp³-hybridized carbons (Fsp3) is 0. The van der Waals surface area contributed by atoms with E-state index < -0.39 is 0 Å². The molecule has 0 saturated carbocycles. The second-order valence-corrected chi connectivity index (χ2v) is 2.59. The number of aromatic hydroxyl groups is 1. The predicted molar refractivity (Wildman–Crippen MR) is 44.0 cm³/mol. The Balaban J connectivity index is 2.79. The third-order valence-corrected chi connectivity index (χ3v) is 1.57. The lowest BCUT2D eigenvalue weighted by molar-refractivity contribution is 0.476. The summed E-state index contributed by atoms with van der Waals surface area (Å²) < 4.78 is 0. The van der Waals surface area contributed by atoms with Crippen molar-refractivity contribution in [2.24, 2.45) is 0 Å². The highest BCUT2D eigenvalue weighted by molar-refractivity contribution is 6.28. The van der Waals surface area contributed by atoms with E-state index in [4.69, 9.17) is 16.7 Å². The Labute approximate surface area is 72.8 Å². The van der Waals surface area contributed by atoms with E-state index in [0.29, 0.717) is 11.0 Å². The molecular formula is C7H4ClN3O. The molecule has 0 aliphatic carbocycles. The Morgan fingerprint density at radius 1 is 1.17 bits per heavy atom. The molecule has 0 saturated heterocycles. The summed E-state index contributed by atoms with van der Waals surface area (Å²) in [5, 5.41) is 16.5. The van der Waals surface area contributed by atoms with Gasteiger partial charge in [-0.05, 0) is 23.7 Å². The molecule has 0 bridgehead atoms. The number of benzene rings is 1. The minimum atomic E-state index is 0.105. The van der Waals surface area contributed by atoms with Gasteiger partial charge in [-0.2, -0.15) is 0 Å². The van der Waals surface area contributed by atoms with E-state index in [9.17, 15) is 0 Å². The highest BCUT2D eigenvalue weighted by Gasteiger charge is 1.99. The van der Waals surface area contributed by atoms with Crippen molar-refractivity contribution in [3.8, 4) is 5.75 Å². The third kappa shape index (κ3) is 1.16. The van der Waals surface area contributed by atoms with Gasteiger partial charge in [0.1, 0.15) is 11.3 Å². The molecule has 0 aliphatic rings. The molecule has 12 heavy (non-hydrogen) atoms. The van der Waals surface area contributed by atoms with Crippen LogP contribution in [0.3, 0.4) is 0 Å². The first kappa shape index (κ1) is 7.24. The van der Waals surface area contributed by atoms with Crippen LogP contribution in [0.2, 0.25) is 5.28 Å². The van der Waals surface area contributed by atoms with Crippen LogP contribution in [0.1, 0.15) is 0 Å². The Morgan fingerprint density at radius 3 is 2.83 bits per heavy atom. The van der Waals surface area contributed by atoms with Gasteiger partial charge in [0.2, 0.25) is 5.28 Å². The Kier molecular flexibility index (Phi) is 1.55. The quantitative estimate of drug-likeness (QED) is 0.667. The molecule has 5 heteroatoms. The first-order valence-electron chi connectivity index (χ1n) is 3.25. The summed E-state index contributed by atoms with van der Waals surface area (Å²) in [6, 6.07) is 4.63. The molecule has 2 rings (SSSR count). The van der Waals surface area contributed by atoms with Gasteiger partial charge in [0.05, 0.1) is 5.52 Å². The Bertz CT molecular complexity index is 391. The van der Waals surface area contributed by atoms with Crippen LogP contribution in [0, 0.1) is 0 Å². The molecule has 0 unspecified atom stereocenters. The zero-order chi connectivity index (χ0) is 8.55. The monoisotopic (exact) mass is 181 g/mol. The first-order chi connectivity index (χ1) is 5.75. The summed E-state index contributed by atoms with van der Waals surface area (Å²) in [7, 11) is 0. The maximum atomic E-state index is 9.07. The van der Waals surface area contributed by atoms with Gasteiger partial charge >= 0.3 is 0 Å². The molecule has 1 aromatic carbocycles. The van der Waals surface area contributed by atoms with Crippen molar-refractivity contribution in [2.75, 3.05) is 0 Å². The van der Waals surface area contributed by atoms with Crippen molar-refractivity contribution in [1.82, 2.24) is 15.2 Å². The SMILES string of the molecule is Oc1ccc2nc(Cl)nnc2c1. The summed E-state index contributed by atoms with van der Waals surface area (Å²) in [5.74, 6) is 0.140. The molecule has 0 radical (unpaired) electrons. The van der Waals surface area contributed by atoms with E-state index in [2.05, 4.69) is 15.2 Å². The van der Waals surface area contributed by atoms with E-state index in [-0.39, 0.29) is 11.0 Å². The van der Waals surface area contributed by atoms with Crippen molar-refractivity contribution in [2.45, 2.75) is 0 Å². The third-order valence-electron chi connectivity index (χ3n) is 1.41. The first-order valence-corrected chi connectivity index (χ1v) is 3.62. The summed E-state index contributed by atoms with van der Waals surface area (Å²) in [5.41, 5.74) is 1.15. The Hall–Kier alpha value is -1.42. The van der Waals surface area contributed by atoms with Crippen LogP contribution in [0.15, 0.2) is 18.2 Å². The van der Waals surface area contributed by atoms with Crippen LogP contribution in [0.4, 0.5) is 0 Å². The lowest BCUT2D eigenvalue weighted by Gasteiger charge is -1.95. The lowest BCUT2D eigenvalue weighted by atomic mass is 10.3. The highest BCUT2D eigenvalue weighted by atomic mass is 35.5. The topological polar surface area (TPSA) is 58.9 Å². The number of hydrogen-bond donors (Lipinski definition) is 1. The second kappa shape index (κ2) is 2.57. The van der Waals surface area contributed by atoms with Gasteiger partial charge in [-0.3, -0.25) is 0 Å². The molecule has 1 N–H and O–H groups in total. The molecule has 1 heterocycles. The van der Waals surface area contributed by atoms with Crippen molar-refractivity contribution < 1.29 is 5.11 Å². The minimum Gasteiger partial charge on any atom is -0.508 e. The van der Waals surface area contributed by atoms with E-state index in [1.54, 1.807) is 6.07 Å². The molecule has 0 spiro atoms. The van der Waals surface area contributed by atoms with Crippen LogP contribution < -0.4 is 0 Å². The average Bonchev–Trinajstić information content (AvgIpc) is 2.05. The smallest absolute Gasteiger partial charge is 0.243 e. The predicted octanol–water partition coefficient (Wildman–Crippen LogP) is 1.38. The van der Waals surface area contributed by atoms with Gasteiger partial charge < -0.3 is 5.11 Å². The molecule has 0 atom stereocenters. The molecule has 0 fully saturated rings. The van der Waals surface area contributed by atoms with Crippen molar-refractivity contribution in [3.63, 3.8) is 0 Å². The molecular weight excluding hydrogens is 178 g/mol. The Morgan fingerprint density at radius 2 is 2.00 bits per heavy atom. The number of rotatable bonds is 0. The maximum Gasteiger partial charge on any atom is 0.243 e. The summed E-state index contributed by atoms with van der Waals surface area (Å²) in [6.45, 7) is 0. The standard InChI is InChI=1S/C7H4ClN3O/c8-7-9-5-2-1-4(12)3-6(5)10-11-7/h1-3,12H. The zero-order valence-corrected chi connectivity index (χ0v) is 6.65. The highest BCUT2D eigenvalue weighted by Crippen LogP contribution is 2.16. The van der Waals surface area contributed by atoms with Crippen molar-refractivity contribution >= 4 is 22.6 Å². The van der Waals surface area contributed by atoms with E-state index in [1.165, 1.54) is 12.1 Å². The average molecular weight is 182 g/mol. The van der Waals surface area contributed by atoms with Crippen molar-refractivity contribution in [3.05, 3.63) is 23.5 Å². The molecule has 60 valence electrons. The molecule has 0 aliphatic heterocycles. The van der Waals surface area contributed by atoms with Crippen LogP contribution in [0.25, 0.3) is 11.0 Å². The lowest BCUT2D eigenvalue weighted by Crippen LogP contribution is -1.88. The van der Waals surface area contributed by atoms with E-state index in [0.717, 1.165) is 0 Å². The van der Waals surface area contributed by atoms with Gasteiger partial charge in [-0.15, -0.1) is 10.2 Å². The van der Waals surface area contributed by atoms with E-state index in [1.807, 2.05) is 0 Å².